The van der Waals surface area contributed by atoms with Crippen molar-refractivity contribution >= 4 is 23.2 Å². The smallest absolute Gasteiger partial charge is 0.264 e. The van der Waals surface area contributed by atoms with E-state index in [0.717, 1.165) is 16.2 Å². The molecule has 3 rings (SSSR count). The Labute approximate surface area is 163 Å². The molecule has 144 valence electrons. The van der Waals surface area contributed by atoms with Crippen molar-refractivity contribution in [1.82, 2.24) is 15.1 Å². The van der Waals surface area contributed by atoms with Crippen molar-refractivity contribution in [3.63, 3.8) is 0 Å². The van der Waals surface area contributed by atoms with Gasteiger partial charge in [-0.25, -0.2) is 0 Å². The number of nitrogens with one attached hydrogen (secondary N) is 1. The SMILES string of the molecule is COc1ccccc1C(C)NC(=O)CN1CCN(C(=O)c2cccs2)CC1. The van der Waals surface area contributed by atoms with Gasteiger partial charge in [0.15, 0.2) is 0 Å². The second kappa shape index (κ2) is 9.01. The minimum absolute atomic E-state index is 0.0218. The Morgan fingerprint density at radius 3 is 2.56 bits per heavy atom. The maximum atomic E-state index is 12.4. The number of rotatable bonds is 6. The normalized spacial score (nSPS) is 16.0. The van der Waals surface area contributed by atoms with Gasteiger partial charge in [0.25, 0.3) is 5.91 Å². The maximum Gasteiger partial charge on any atom is 0.264 e. The summed E-state index contributed by atoms with van der Waals surface area (Å²) in [5, 5.41) is 4.95. The second-order valence-corrected chi connectivity index (χ2v) is 7.52. The number of carbonyl (C=O) groups is 2. The Kier molecular flexibility index (Phi) is 6.47. The van der Waals surface area contributed by atoms with Gasteiger partial charge in [-0.05, 0) is 24.4 Å². The van der Waals surface area contributed by atoms with Gasteiger partial charge in [0.1, 0.15) is 5.75 Å². The van der Waals surface area contributed by atoms with Crippen LogP contribution in [0.4, 0.5) is 0 Å². The molecule has 1 atom stereocenters. The summed E-state index contributed by atoms with van der Waals surface area (Å²) in [7, 11) is 1.63. The van der Waals surface area contributed by atoms with Gasteiger partial charge in [-0.1, -0.05) is 24.3 Å². The Balaban J connectivity index is 1.47. The van der Waals surface area contributed by atoms with Crippen LogP contribution in [0.25, 0.3) is 0 Å². The van der Waals surface area contributed by atoms with E-state index in [0.29, 0.717) is 32.7 Å². The molecule has 7 heteroatoms. The predicted octanol–water partition coefficient (Wildman–Crippen LogP) is 2.39. The Morgan fingerprint density at radius 1 is 1.15 bits per heavy atom. The first-order valence-corrected chi connectivity index (χ1v) is 9.94. The molecule has 27 heavy (non-hydrogen) atoms. The number of amides is 2. The number of piperazine rings is 1. The van der Waals surface area contributed by atoms with Gasteiger partial charge in [0.2, 0.25) is 5.91 Å². The number of benzene rings is 1. The summed E-state index contributed by atoms with van der Waals surface area (Å²) in [5.41, 5.74) is 0.958. The van der Waals surface area contributed by atoms with E-state index in [1.807, 2.05) is 53.6 Å². The zero-order valence-corrected chi connectivity index (χ0v) is 16.5. The highest BCUT2D eigenvalue weighted by Gasteiger charge is 2.24. The van der Waals surface area contributed by atoms with E-state index in [-0.39, 0.29) is 17.9 Å². The first kappa shape index (κ1) is 19.4. The molecule has 0 radical (unpaired) electrons. The van der Waals surface area contributed by atoms with E-state index in [2.05, 4.69) is 10.2 Å². The summed E-state index contributed by atoms with van der Waals surface area (Å²) in [6.45, 7) is 4.98. The minimum atomic E-state index is -0.129. The van der Waals surface area contributed by atoms with Crippen LogP contribution in [0, 0.1) is 0 Å². The highest BCUT2D eigenvalue weighted by molar-refractivity contribution is 7.12. The number of carbonyl (C=O) groups excluding carboxylic acids is 2. The molecule has 1 N–H and O–H groups in total. The van der Waals surface area contributed by atoms with Gasteiger partial charge in [-0.3, -0.25) is 14.5 Å². The van der Waals surface area contributed by atoms with Crippen molar-refractivity contribution in [3.8, 4) is 5.75 Å². The topological polar surface area (TPSA) is 61.9 Å². The van der Waals surface area contributed by atoms with Crippen LogP contribution in [0.2, 0.25) is 0 Å². The molecule has 0 aliphatic carbocycles. The average Bonchev–Trinajstić information content (AvgIpc) is 3.22. The molecule has 0 spiro atoms. The fourth-order valence-electron chi connectivity index (χ4n) is 3.26. The molecule has 0 bridgehead atoms. The van der Waals surface area contributed by atoms with E-state index in [1.54, 1.807) is 7.11 Å². The van der Waals surface area contributed by atoms with E-state index < -0.39 is 0 Å². The zero-order valence-electron chi connectivity index (χ0n) is 15.7. The van der Waals surface area contributed by atoms with Crippen molar-refractivity contribution in [2.45, 2.75) is 13.0 Å². The van der Waals surface area contributed by atoms with Gasteiger partial charge in [-0.15, -0.1) is 11.3 Å². The Bertz CT molecular complexity index is 771. The second-order valence-electron chi connectivity index (χ2n) is 6.58. The van der Waals surface area contributed by atoms with Crippen LogP contribution in [0.3, 0.4) is 0 Å². The number of hydrogen-bond donors (Lipinski definition) is 1. The van der Waals surface area contributed by atoms with Gasteiger partial charge >= 0.3 is 0 Å². The average molecular weight is 388 g/mol. The number of ether oxygens (including phenoxy) is 1. The molecule has 1 aromatic carbocycles. The van der Waals surface area contributed by atoms with E-state index in [1.165, 1.54) is 11.3 Å². The number of hydrogen-bond acceptors (Lipinski definition) is 5. The first-order chi connectivity index (χ1) is 13.1. The van der Waals surface area contributed by atoms with Crippen LogP contribution < -0.4 is 10.1 Å². The molecule has 6 nitrogen and oxygen atoms in total. The highest BCUT2D eigenvalue weighted by Crippen LogP contribution is 2.24. The third-order valence-electron chi connectivity index (χ3n) is 4.74. The molecular formula is C20H25N3O3S. The molecule has 2 heterocycles. The number of nitrogens with zero attached hydrogens (tertiary/aromatic N) is 2. The lowest BCUT2D eigenvalue weighted by Gasteiger charge is -2.34. The standard InChI is InChI=1S/C20H25N3O3S/c1-15(16-6-3-4-7-17(16)26-2)21-19(24)14-22-9-11-23(12-10-22)20(25)18-8-5-13-27-18/h3-8,13,15H,9-12,14H2,1-2H3,(H,21,24). The molecule has 2 aromatic rings. The molecule has 1 fully saturated rings. The predicted molar refractivity (Wildman–Crippen MR) is 106 cm³/mol. The summed E-state index contributed by atoms with van der Waals surface area (Å²) in [6.07, 6.45) is 0. The lowest BCUT2D eigenvalue weighted by molar-refractivity contribution is -0.123. The van der Waals surface area contributed by atoms with Crippen molar-refractivity contribution in [1.29, 1.82) is 0 Å². The van der Waals surface area contributed by atoms with Gasteiger partial charge in [0.05, 0.1) is 24.6 Å². The monoisotopic (exact) mass is 387 g/mol. The van der Waals surface area contributed by atoms with Crippen molar-refractivity contribution in [3.05, 3.63) is 52.2 Å². The number of thiophene rings is 1. The molecule has 2 amide bonds. The molecule has 1 aromatic heterocycles. The van der Waals surface area contributed by atoms with Crippen LogP contribution in [0.15, 0.2) is 41.8 Å². The minimum Gasteiger partial charge on any atom is -0.496 e. The summed E-state index contributed by atoms with van der Waals surface area (Å²) in [4.78, 5) is 29.5. The first-order valence-electron chi connectivity index (χ1n) is 9.06. The zero-order chi connectivity index (χ0) is 19.2. The van der Waals surface area contributed by atoms with Crippen LogP contribution >= 0.6 is 11.3 Å². The molecule has 1 aliphatic heterocycles. The molecule has 1 saturated heterocycles. The molecular weight excluding hydrogens is 362 g/mol. The lowest BCUT2D eigenvalue weighted by atomic mass is 10.1. The quantitative estimate of drug-likeness (QED) is 0.827. The molecule has 1 aliphatic rings. The fraction of sp³-hybridized carbons (Fsp3) is 0.400. The third kappa shape index (κ3) is 4.87. The van der Waals surface area contributed by atoms with Gasteiger partial charge < -0.3 is 15.0 Å². The number of para-hydroxylation sites is 1. The maximum absolute atomic E-state index is 12.4. The highest BCUT2D eigenvalue weighted by atomic mass is 32.1. The van der Waals surface area contributed by atoms with E-state index in [9.17, 15) is 9.59 Å². The van der Waals surface area contributed by atoms with Crippen LogP contribution in [0.1, 0.15) is 28.2 Å². The van der Waals surface area contributed by atoms with Gasteiger partial charge in [-0.2, -0.15) is 0 Å². The van der Waals surface area contributed by atoms with Gasteiger partial charge in [0, 0.05) is 31.7 Å². The summed E-state index contributed by atoms with van der Waals surface area (Å²) >= 11 is 1.46. The lowest BCUT2D eigenvalue weighted by Crippen LogP contribution is -2.51. The summed E-state index contributed by atoms with van der Waals surface area (Å²) in [5.74, 6) is 0.830. The van der Waals surface area contributed by atoms with Crippen LogP contribution in [-0.2, 0) is 4.79 Å². The molecule has 1 unspecified atom stereocenters. The van der Waals surface area contributed by atoms with Crippen molar-refractivity contribution in [2.75, 3.05) is 39.8 Å². The Morgan fingerprint density at radius 2 is 1.89 bits per heavy atom. The van der Waals surface area contributed by atoms with Crippen LogP contribution in [-0.4, -0.2) is 61.4 Å². The largest absolute Gasteiger partial charge is 0.496 e. The summed E-state index contributed by atoms with van der Waals surface area (Å²) < 4.78 is 5.36. The van der Waals surface area contributed by atoms with Crippen LogP contribution in [0.5, 0.6) is 5.75 Å². The number of methoxy groups -OCH3 is 1. The van der Waals surface area contributed by atoms with E-state index >= 15 is 0 Å². The summed E-state index contributed by atoms with van der Waals surface area (Å²) in [6, 6.07) is 11.3. The third-order valence-corrected chi connectivity index (χ3v) is 5.60. The van der Waals surface area contributed by atoms with Crippen molar-refractivity contribution in [2.24, 2.45) is 0 Å². The Hall–Kier alpha value is -2.38. The fourth-order valence-corrected chi connectivity index (χ4v) is 3.95. The molecule has 0 saturated carbocycles. The van der Waals surface area contributed by atoms with Crippen molar-refractivity contribution < 1.29 is 14.3 Å². The van der Waals surface area contributed by atoms with E-state index in [4.69, 9.17) is 4.74 Å².